The Labute approximate surface area is 97.4 Å². The Morgan fingerprint density at radius 1 is 1.53 bits per heavy atom. The van der Waals surface area contributed by atoms with Crippen LogP contribution in [0.3, 0.4) is 0 Å². The summed E-state index contributed by atoms with van der Waals surface area (Å²) < 4.78 is 0.876. The van der Waals surface area contributed by atoms with Gasteiger partial charge in [-0.3, -0.25) is 4.79 Å². The molecular weight excluding hydrogens is 258 g/mol. The Bertz CT molecular complexity index is 337. The van der Waals surface area contributed by atoms with Gasteiger partial charge in [-0.1, -0.05) is 6.92 Å². The highest BCUT2D eigenvalue weighted by Crippen LogP contribution is 2.11. The van der Waals surface area contributed by atoms with Gasteiger partial charge in [0.1, 0.15) is 5.82 Å². The fourth-order valence-corrected chi connectivity index (χ4v) is 1.16. The molecule has 5 heteroatoms. The lowest BCUT2D eigenvalue weighted by Gasteiger charge is -2.14. The summed E-state index contributed by atoms with van der Waals surface area (Å²) in [7, 11) is 0. The number of carbonyl (C=O) groups excluding carboxylic acids is 1. The van der Waals surface area contributed by atoms with E-state index in [1.165, 1.54) is 0 Å². The highest BCUT2D eigenvalue weighted by molar-refractivity contribution is 9.10. The smallest absolute Gasteiger partial charge is 0.229 e. The minimum Gasteiger partial charge on any atom is -0.327 e. The number of amides is 1. The molecule has 0 aliphatic carbocycles. The highest BCUT2D eigenvalue weighted by atomic mass is 79.9. The zero-order valence-corrected chi connectivity index (χ0v) is 10.3. The number of hydrogen-bond donors (Lipinski definition) is 2. The van der Waals surface area contributed by atoms with Crippen LogP contribution < -0.4 is 11.1 Å². The Hall–Kier alpha value is -0.940. The van der Waals surface area contributed by atoms with Gasteiger partial charge in [-0.15, -0.1) is 0 Å². The third-order valence-electron chi connectivity index (χ3n) is 2.18. The molecule has 1 amide bonds. The van der Waals surface area contributed by atoms with E-state index < -0.39 is 0 Å². The van der Waals surface area contributed by atoms with Gasteiger partial charge in [0.2, 0.25) is 5.91 Å². The van der Waals surface area contributed by atoms with E-state index in [1.807, 2.05) is 6.07 Å². The highest BCUT2D eigenvalue weighted by Gasteiger charge is 2.17. The predicted octanol–water partition coefficient (Wildman–Crippen LogP) is 1.77. The Morgan fingerprint density at radius 2 is 2.20 bits per heavy atom. The van der Waals surface area contributed by atoms with Crippen LogP contribution in [0.25, 0.3) is 0 Å². The van der Waals surface area contributed by atoms with Gasteiger partial charge in [0.05, 0.1) is 5.92 Å². The van der Waals surface area contributed by atoms with Crippen molar-refractivity contribution in [2.45, 2.75) is 19.9 Å². The van der Waals surface area contributed by atoms with Crippen molar-refractivity contribution < 1.29 is 4.79 Å². The van der Waals surface area contributed by atoms with Crippen molar-refractivity contribution in [3.05, 3.63) is 22.8 Å². The lowest BCUT2D eigenvalue weighted by atomic mass is 10.0. The first-order chi connectivity index (χ1) is 7.00. The van der Waals surface area contributed by atoms with Gasteiger partial charge in [0.15, 0.2) is 0 Å². The number of nitrogens with one attached hydrogen (secondary N) is 1. The van der Waals surface area contributed by atoms with Crippen LogP contribution in [0.1, 0.15) is 13.8 Å². The summed E-state index contributed by atoms with van der Waals surface area (Å²) in [6.07, 6.45) is 1.63. The van der Waals surface area contributed by atoms with Crippen LogP contribution in [0.2, 0.25) is 0 Å². The van der Waals surface area contributed by atoms with Crippen LogP contribution in [0.15, 0.2) is 22.8 Å². The van der Waals surface area contributed by atoms with Gasteiger partial charge in [-0.25, -0.2) is 4.98 Å². The van der Waals surface area contributed by atoms with Gasteiger partial charge >= 0.3 is 0 Å². The normalized spacial score (nSPS) is 14.4. The molecule has 1 heterocycles. The molecule has 0 spiro atoms. The SMILES string of the molecule is CC(N)C(C)C(=O)Nc1ccc(Br)cn1. The summed E-state index contributed by atoms with van der Waals surface area (Å²) >= 11 is 3.27. The fraction of sp³-hybridized carbons (Fsp3) is 0.400. The number of carbonyl (C=O) groups is 1. The number of hydrogen-bond acceptors (Lipinski definition) is 3. The maximum atomic E-state index is 11.6. The minimum atomic E-state index is -0.226. The number of anilines is 1. The molecule has 0 saturated heterocycles. The van der Waals surface area contributed by atoms with Crippen LogP contribution in [0.5, 0.6) is 0 Å². The molecule has 1 rings (SSSR count). The fourth-order valence-electron chi connectivity index (χ4n) is 0.929. The second kappa shape index (κ2) is 5.23. The van der Waals surface area contributed by atoms with Crippen LogP contribution in [-0.4, -0.2) is 16.9 Å². The van der Waals surface area contributed by atoms with E-state index in [-0.39, 0.29) is 17.9 Å². The lowest BCUT2D eigenvalue weighted by molar-refractivity contribution is -0.119. The van der Waals surface area contributed by atoms with Crippen molar-refractivity contribution in [2.75, 3.05) is 5.32 Å². The topological polar surface area (TPSA) is 68.0 Å². The van der Waals surface area contributed by atoms with E-state index in [4.69, 9.17) is 5.73 Å². The van der Waals surface area contributed by atoms with E-state index in [9.17, 15) is 4.79 Å². The van der Waals surface area contributed by atoms with Crippen molar-refractivity contribution in [2.24, 2.45) is 11.7 Å². The minimum absolute atomic E-state index is 0.111. The Balaban J connectivity index is 2.62. The molecule has 0 fully saturated rings. The van der Waals surface area contributed by atoms with Crippen molar-refractivity contribution in [1.82, 2.24) is 4.98 Å². The van der Waals surface area contributed by atoms with Crippen molar-refractivity contribution >= 4 is 27.7 Å². The van der Waals surface area contributed by atoms with Gasteiger partial charge in [0.25, 0.3) is 0 Å². The van der Waals surface area contributed by atoms with Crippen molar-refractivity contribution in [3.63, 3.8) is 0 Å². The first-order valence-corrected chi connectivity index (χ1v) is 5.48. The quantitative estimate of drug-likeness (QED) is 0.881. The predicted molar refractivity (Wildman–Crippen MR) is 63.4 cm³/mol. The number of rotatable bonds is 3. The molecule has 0 aliphatic heterocycles. The monoisotopic (exact) mass is 271 g/mol. The van der Waals surface area contributed by atoms with Gasteiger partial charge < -0.3 is 11.1 Å². The summed E-state index contributed by atoms with van der Waals surface area (Å²) in [5, 5.41) is 2.70. The molecule has 0 bridgehead atoms. The number of nitrogens with two attached hydrogens (primary N) is 1. The molecule has 1 aromatic heterocycles. The van der Waals surface area contributed by atoms with Gasteiger partial charge in [0, 0.05) is 16.7 Å². The molecule has 3 N–H and O–H groups in total. The standard InChI is InChI=1S/C10H14BrN3O/c1-6(7(2)12)10(15)14-9-4-3-8(11)5-13-9/h3-7H,12H2,1-2H3,(H,13,14,15). The number of pyridine rings is 1. The summed E-state index contributed by atoms with van der Waals surface area (Å²) in [6.45, 7) is 3.60. The third kappa shape index (κ3) is 3.60. The van der Waals surface area contributed by atoms with E-state index >= 15 is 0 Å². The van der Waals surface area contributed by atoms with Crippen LogP contribution >= 0.6 is 15.9 Å². The number of nitrogens with zero attached hydrogens (tertiary/aromatic N) is 1. The molecule has 1 aromatic rings. The molecular formula is C10H14BrN3O. The maximum Gasteiger partial charge on any atom is 0.229 e. The van der Waals surface area contributed by atoms with E-state index in [1.54, 1.807) is 26.1 Å². The van der Waals surface area contributed by atoms with E-state index in [0.29, 0.717) is 5.82 Å². The number of aromatic nitrogens is 1. The summed E-state index contributed by atoms with van der Waals surface area (Å²) in [5.74, 6) is 0.200. The number of halogens is 1. The molecule has 0 saturated carbocycles. The zero-order valence-electron chi connectivity index (χ0n) is 8.70. The zero-order chi connectivity index (χ0) is 11.4. The Kier molecular flexibility index (Phi) is 4.23. The first-order valence-electron chi connectivity index (χ1n) is 4.68. The molecule has 4 nitrogen and oxygen atoms in total. The summed E-state index contributed by atoms with van der Waals surface area (Å²) in [4.78, 5) is 15.6. The van der Waals surface area contributed by atoms with Gasteiger partial charge in [-0.05, 0) is 35.0 Å². The lowest BCUT2D eigenvalue weighted by Crippen LogP contribution is -2.34. The maximum absolute atomic E-state index is 11.6. The van der Waals surface area contributed by atoms with Crippen LogP contribution in [-0.2, 0) is 4.79 Å². The van der Waals surface area contributed by atoms with E-state index in [2.05, 4.69) is 26.2 Å². The molecule has 2 unspecified atom stereocenters. The molecule has 0 aromatic carbocycles. The first kappa shape index (κ1) is 12.1. The third-order valence-corrected chi connectivity index (χ3v) is 2.65. The summed E-state index contributed by atoms with van der Waals surface area (Å²) in [5.41, 5.74) is 5.63. The summed E-state index contributed by atoms with van der Waals surface area (Å²) in [6, 6.07) is 3.38. The second-order valence-electron chi connectivity index (χ2n) is 3.50. The second-order valence-corrected chi connectivity index (χ2v) is 4.41. The average molecular weight is 272 g/mol. The van der Waals surface area contributed by atoms with Crippen molar-refractivity contribution in [3.8, 4) is 0 Å². The molecule has 0 radical (unpaired) electrons. The molecule has 2 atom stereocenters. The van der Waals surface area contributed by atoms with Crippen LogP contribution in [0.4, 0.5) is 5.82 Å². The Morgan fingerprint density at radius 3 is 2.67 bits per heavy atom. The largest absolute Gasteiger partial charge is 0.327 e. The molecule has 82 valence electrons. The molecule has 0 aliphatic rings. The average Bonchev–Trinajstić information content (AvgIpc) is 2.20. The van der Waals surface area contributed by atoms with Crippen LogP contribution in [0, 0.1) is 5.92 Å². The molecule has 15 heavy (non-hydrogen) atoms. The van der Waals surface area contributed by atoms with E-state index in [0.717, 1.165) is 4.47 Å². The van der Waals surface area contributed by atoms with Gasteiger partial charge in [-0.2, -0.15) is 0 Å². The van der Waals surface area contributed by atoms with Crippen molar-refractivity contribution in [1.29, 1.82) is 0 Å².